The molecule has 0 saturated heterocycles. The Labute approximate surface area is 282 Å². The van der Waals surface area contributed by atoms with Crippen molar-refractivity contribution in [1.29, 1.82) is 0 Å². The number of nitrogens with zero attached hydrogens (tertiary/aromatic N) is 1. The Bertz CT molecular complexity index is 2810. The largest absolute Gasteiger partial charge is 0.456 e. The lowest BCUT2D eigenvalue weighted by molar-refractivity contribution is 0.663. The number of anilines is 3. The molecular formula is C46H29NO2. The van der Waals surface area contributed by atoms with Crippen LogP contribution in [0.5, 0.6) is 0 Å². The Kier molecular flexibility index (Phi) is 6.18. The average Bonchev–Trinajstić information content (AvgIpc) is 3.75. The second-order valence-corrected chi connectivity index (χ2v) is 12.5. The number of rotatable bonds is 5. The SMILES string of the molecule is c1ccc(-c2ccc(N(c3ccccc3)c3ccc(-c4cccc5ccccc45)c4c3oc3ccc5oc6ccccc6c5c34)cc2)cc1. The van der Waals surface area contributed by atoms with Gasteiger partial charge in [0.1, 0.15) is 16.7 Å². The Morgan fingerprint density at radius 2 is 0.980 bits per heavy atom. The molecule has 49 heavy (non-hydrogen) atoms. The average molecular weight is 628 g/mol. The van der Waals surface area contributed by atoms with Gasteiger partial charge in [-0.25, -0.2) is 0 Å². The first-order valence-corrected chi connectivity index (χ1v) is 16.6. The van der Waals surface area contributed by atoms with E-state index in [0.29, 0.717) is 0 Å². The molecule has 0 aliphatic heterocycles. The van der Waals surface area contributed by atoms with E-state index >= 15 is 0 Å². The molecule has 0 N–H and O–H groups in total. The molecule has 2 heterocycles. The van der Waals surface area contributed by atoms with Crippen molar-refractivity contribution in [3.8, 4) is 22.3 Å². The summed E-state index contributed by atoms with van der Waals surface area (Å²) in [4.78, 5) is 2.30. The second kappa shape index (κ2) is 11.0. The molecule has 0 spiro atoms. The molecule has 0 aliphatic rings. The van der Waals surface area contributed by atoms with Crippen molar-refractivity contribution >= 4 is 71.7 Å². The highest BCUT2D eigenvalue weighted by Gasteiger charge is 2.25. The van der Waals surface area contributed by atoms with Crippen molar-refractivity contribution in [3.63, 3.8) is 0 Å². The van der Waals surface area contributed by atoms with Gasteiger partial charge in [-0.05, 0) is 81.6 Å². The summed E-state index contributed by atoms with van der Waals surface area (Å²) in [6.07, 6.45) is 0. The number of para-hydroxylation sites is 2. The van der Waals surface area contributed by atoms with Crippen LogP contribution in [-0.4, -0.2) is 0 Å². The maximum absolute atomic E-state index is 7.02. The van der Waals surface area contributed by atoms with Crippen molar-refractivity contribution in [2.75, 3.05) is 4.90 Å². The maximum Gasteiger partial charge on any atom is 0.160 e. The van der Waals surface area contributed by atoms with Crippen LogP contribution in [0.4, 0.5) is 17.1 Å². The number of hydrogen-bond donors (Lipinski definition) is 0. The molecule has 0 saturated carbocycles. The predicted molar refractivity (Wildman–Crippen MR) is 204 cm³/mol. The first-order chi connectivity index (χ1) is 24.3. The van der Waals surface area contributed by atoms with E-state index in [2.05, 4.69) is 163 Å². The molecular weight excluding hydrogens is 599 g/mol. The molecule has 0 aliphatic carbocycles. The van der Waals surface area contributed by atoms with Crippen LogP contribution >= 0.6 is 0 Å². The summed E-state index contributed by atoms with van der Waals surface area (Å²) in [5.74, 6) is 0. The molecule has 10 rings (SSSR count). The minimum Gasteiger partial charge on any atom is -0.456 e. The molecule has 0 amide bonds. The van der Waals surface area contributed by atoms with Gasteiger partial charge in [-0.2, -0.15) is 0 Å². The Balaban J connectivity index is 1.31. The summed E-state index contributed by atoms with van der Waals surface area (Å²) in [5.41, 5.74) is 11.1. The standard InChI is InChI=1S/C46H29NO2/c1-3-12-30(13-4-1)31-22-24-34(25-23-31)47(33-16-5-2-6-17-33)39-27-26-37(36-20-11-15-32-14-7-8-18-35(32)36)44-45-42(49-46(39)44)29-28-41-43(45)38-19-9-10-21-40(38)48-41/h1-29H. The summed E-state index contributed by atoms with van der Waals surface area (Å²) >= 11 is 0. The summed E-state index contributed by atoms with van der Waals surface area (Å²) in [5, 5.41) is 6.69. The summed E-state index contributed by atoms with van der Waals surface area (Å²) in [7, 11) is 0. The zero-order valence-corrected chi connectivity index (χ0v) is 26.5. The summed E-state index contributed by atoms with van der Waals surface area (Å²) in [6, 6.07) is 61.8. The van der Waals surface area contributed by atoms with E-state index in [-0.39, 0.29) is 0 Å². The number of fused-ring (bicyclic) bond motifs is 8. The molecule has 2 aromatic heterocycles. The highest BCUT2D eigenvalue weighted by atomic mass is 16.3. The van der Waals surface area contributed by atoms with Crippen molar-refractivity contribution in [2.45, 2.75) is 0 Å². The molecule has 3 nitrogen and oxygen atoms in total. The van der Waals surface area contributed by atoms with Crippen LogP contribution in [0.2, 0.25) is 0 Å². The van der Waals surface area contributed by atoms with Gasteiger partial charge in [0.15, 0.2) is 5.58 Å². The summed E-state index contributed by atoms with van der Waals surface area (Å²) < 4.78 is 13.4. The van der Waals surface area contributed by atoms with E-state index < -0.39 is 0 Å². The molecule has 230 valence electrons. The van der Waals surface area contributed by atoms with Gasteiger partial charge in [-0.1, -0.05) is 127 Å². The van der Waals surface area contributed by atoms with Gasteiger partial charge in [-0.3, -0.25) is 0 Å². The van der Waals surface area contributed by atoms with Crippen LogP contribution in [0.15, 0.2) is 185 Å². The topological polar surface area (TPSA) is 29.5 Å². The molecule has 10 aromatic rings. The lowest BCUT2D eigenvalue weighted by atomic mass is 9.93. The van der Waals surface area contributed by atoms with Gasteiger partial charge in [0.2, 0.25) is 0 Å². The Hall–Kier alpha value is -6.58. The monoisotopic (exact) mass is 627 g/mol. The maximum atomic E-state index is 7.02. The second-order valence-electron chi connectivity index (χ2n) is 12.5. The fraction of sp³-hybridized carbons (Fsp3) is 0. The van der Waals surface area contributed by atoms with Gasteiger partial charge in [0.05, 0.1) is 5.69 Å². The van der Waals surface area contributed by atoms with Crippen molar-refractivity contribution in [3.05, 3.63) is 176 Å². The fourth-order valence-electron chi connectivity index (χ4n) is 7.46. The van der Waals surface area contributed by atoms with Crippen LogP contribution in [0.25, 0.3) is 76.9 Å². The van der Waals surface area contributed by atoms with E-state index in [1.165, 1.54) is 27.5 Å². The highest BCUT2D eigenvalue weighted by Crippen LogP contribution is 2.49. The molecule has 0 unspecified atom stereocenters. The first kappa shape index (κ1) is 27.5. The van der Waals surface area contributed by atoms with E-state index in [1.807, 2.05) is 18.2 Å². The molecule has 0 fully saturated rings. The zero-order chi connectivity index (χ0) is 32.3. The first-order valence-electron chi connectivity index (χ1n) is 16.6. The lowest BCUT2D eigenvalue weighted by Gasteiger charge is -2.26. The highest BCUT2D eigenvalue weighted by molar-refractivity contribution is 6.30. The van der Waals surface area contributed by atoms with Crippen molar-refractivity contribution < 1.29 is 8.83 Å². The van der Waals surface area contributed by atoms with Gasteiger partial charge in [0.25, 0.3) is 0 Å². The molecule has 8 aromatic carbocycles. The molecule has 0 radical (unpaired) electrons. The number of hydrogen-bond acceptors (Lipinski definition) is 3. The fourth-order valence-corrected chi connectivity index (χ4v) is 7.46. The lowest BCUT2D eigenvalue weighted by Crippen LogP contribution is -2.10. The van der Waals surface area contributed by atoms with Crippen molar-refractivity contribution in [1.82, 2.24) is 0 Å². The quantitative estimate of drug-likeness (QED) is 0.190. The Morgan fingerprint density at radius 1 is 0.347 bits per heavy atom. The minimum absolute atomic E-state index is 0.828. The third kappa shape index (κ3) is 4.37. The van der Waals surface area contributed by atoms with Crippen LogP contribution in [-0.2, 0) is 0 Å². The zero-order valence-electron chi connectivity index (χ0n) is 26.5. The number of benzene rings is 8. The van der Waals surface area contributed by atoms with E-state index in [9.17, 15) is 0 Å². The molecule has 0 bridgehead atoms. The smallest absolute Gasteiger partial charge is 0.160 e. The van der Waals surface area contributed by atoms with E-state index in [0.717, 1.165) is 66.5 Å². The summed E-state index contributed by atoms with van der Waals surface area (Å²) in [6.45, 7) is 0. The van der Waals surface area contributed by atoms with Gasteiger partial charge < -0.3 is 13.7 Å². The van der Waals surface area contributed by atoms with Gasteiger partial charge >= 0.3 is 0 Å². The molecule has 0 atom stereocenters. The van der Waals surface area contributed by atoms with E-state index in [4.69, 9.17) is 8.83 Å². The van der Waals surface area contributed by atoms with E-state index in [1.54, 1.807) is 0 Å². The minimum atomic E-state index is 0.828. The van der Waals surface area contributed by atoms with Crippen LogP contribution in [0.1, 0.15) is 0 Å². The normalized spacial score (nSPS) is 11.7. The van der Waals surface area contributed by atoms with Crippen LogP contribution in [0, 0.1) is 0 Å². The third-order valence-electron chi connectivity index (χ3n) is 9.67. The predicted octanol–water partition coefficient (Wildman–Crippen LogP) is 13.4. The van der Waals surface area contributed by atoms with Gasteiger partial charge in [0, 0.05) is 32.9 Å². The van der Waals surface area contributed by atoms with Crippen LogP contribution < -0.4 is 4.90 Å². The number of furan rings is 2. The van der Waals surface area contributed by atoms with Crippen LogP contribution in [0.3, 0.4) is 0 Å². The molecule has 3 heteroatoms. The third-order valence-corrected chi connectivity index (χ3v) is 9.67. The van der Waals surface area contributed by atoms with Crippen molar-refractivity contribution in [2.24, 2.45) is 0 Å². The van der Waals surface area contributed by atoms with Gasteiger partial charge in [-0.15, -0.1) is 0 Å². The Morgan fingerprint density at radius 3 is 1.80 bits per heavy atom.